The zero-order valence-corrected chi connectivity index (χ0v) is 14.0. The lowest BCUT2D eigenvalue weighted by Crippen LogP contribution is -2.20. The van der Waals surface area contributed by atoms with Crippen LogP contribution in [0.25, 0.3) is 21.9 Å². The molecule has 5 heteroatoms. The molecular formula is C18H24N4O. The topological polar surface area (TPSA) is 52.0 Å². The molecule has 0 saturated heterocycles. The molecule has 0 atom stereocenters. The van der Waals surface area contributed by atoms with Gasteiger partial charge in [-0.2, -0.15) is 0 Å². The number of nitrogens with zero attached hydrogens (tertiary/aromatic N) is 3. The van der Waals surface area contributed by atoms with Crippen molar-refractivity contribution in [1.82, 2.24) is 14.6 Å². The number of aromatic nitrogens is 3. The van der Waals surface area contributed by atoms with Gasteiger partial charge in [0.05, 0.1) is 11.7 Å². The Morgan fingerprint density at radius 3 is 2.83 bits per heavy atom. The quantitative estimate of drug-likeness (QED) is 0.722. The second-order valence-electron chi connectivity index (χ2n) is 6.10. The van der Waals surface area contributed by atoms with Crippen molar-refractivity contribution in [2.75, 3.05) is 18.6 Å². The number of rotatable bonds is 7. The Kier molecular flexibility index (Phi) is 4.76. The summed E-state index contributed by atoms with van der Waals surface area (Å²) in [4.78, 5) is 9.22. The molecule has 23 heavy (non-hydrogen) atoms. The molecule has 0 aliphatic heterocycles. The van der Waals surface area contributed by atoms with Crippen molar-refractivity contribution in [3.05, 3.63) is 36.3 Å². The number of hydrogen-bond donors (Lipinski definition) is 1. The van der Waals surface area contributed by atoms with Gasteiger partial charge in [-0.1, -0.05) is 32.0 Å². The summed E-state index contributed by atoms with van der Waals surface area (Å²) >= 11 is 0. The van der Waals surface area contributed by atoms with Crippen molar-refractivity contribution in [2.45, 2.75) is 33.8 Å². The highest BCUT2D eigenvalue weighted by molar-refractivity contribution is 6.02. The van der Waals surface area contributed by atoms with Crippen LogP contribution in [0.15, 0.2) is 30.5 Å². The van der Waals surface area contributed by atoms with E-state index in [-0.39, 0.29) is 0 Å². The fourth-order valence-electron chi connectivity index (χ4n) is 2.68. The Morgan fingerprint density at radius 2 is 2.04 bits per heavy atom. The minimum absolute atomic E-state index is 0.494. The molecule has 0 bridgehead atoms. The summed E-state index contributed by atoms with van der Waals surface area (Å²) in [5.41, 5.74) is 6.47. The molecule has 0 fully saturated rings. The van der Waals surface area contributed by atoms with Crippen molar-refractivity contribution in [3.63, 3.8) is 0 Å². The average molecular weight is 312 g/mol. The number of pyridine rings is 1. The standard InChI is InChI=1S/C18H24N4O/c1-4-23-12-17-21-16-11-19-15-8-6-5-7-14(15)18(16)22(17)20-10-9-13(2)3/h5-8,11,13,20H,4,9-10,12H2,1-3H3. The summed E-state index contributed by atoms with van der Waals surface area (Å²) < 4.78 is 7.67. The van der Waals surface area contributed by atoms with Gasteiger partial charge in [-0.05, 0) is 25.3 Å². The average Bonchev–Trinajstić information content (AvgIpc) is 2.91. The number of imidazole rings is 1. The molecule has 0 saturated carbocycles. The fraction of sp³-hybridized carbons (Fsp3) is 0.444. The van der Waals surface area contributed by atoms with E-state index in [4.69, 9.17) is 9.72 Å². The number of benzene rings is 1. The summed E-state index contributed by atoms with van der Waals surface area (Å²) in [7, 11) is 0. The first kappa shape index (κ1) is 15.7. The Balaban J connectivity index is 2.08. The summed E-state index contributed by atoms with van der Waals surface area (Å²) in [6, 6.07) is 8.17. The Hall–Kier alpha value is -2.14. The zero-order chi connectivity index (χ0) is 16.2. The van der Waals surface area contributed by atoms with Gasteiger partial charge in [-0.15, -0.1) is 0 Å². The third-order valence-corrected chi connectivity index (χ3v) is 3.89. The number of hydrogen-bond acceptors (Lipinski definition) is 4. The molecule has 122 valence electrons. The molecule has 2 heterocycles. The van der Waals surface area contributed by atoms with E-state index in [1.807, 2.05) is 31.3 Å². The van der Waals surface area contributed by atoms with Gasteiger partial charge >= 0.3 is 0 Å². The van der Waals surface area contributed by atoms with E-state index in [1.54, 1.807) is 0 Å². The maximum Gasteiger partial charge on any atom is 0.154 e. The van der Waals surface area contributed by atoms with Crippen LogP contribution in [0.3, 0.4) is 0 Å². The molecule has 0 radical (unpaired) electrons. The van der Waals surface area contributed by atoms with Crippen LogP contribution >= 0.6 is 0 Å². The van der Waals surface area contributed by atoms with E-state index in [9.17, 15) is 0 Å². The first-order chi connectivity index (χ1) is 11.2. The zero-order valence-electron chi connectivity index (χ0n) is 14.0. The van der Waals surface area contributed by atoms with Gasteiger partial charge in [-0.25, -0.2) is 9.66 Å². The van der Waals surface area contributed by atoms with E-state index in [2.05, 4.69) is 35.0 Å². The molecule has 0 aliphatic rings. The van der Waals surface area contributed by atoms with Crippen LogP contribution in [0, 0.1) is 5.92 Å². The van der Waals surface area contributed by atoms with Crippen LogP contribution in [0.4, 0.5) is 0 Å². The third kappa shape index (κ3) is 3.29. The summed E-state index contributed by atoms with van der Waals surface area (Å²) in [6.07, 6.45) is 2.95. The van der Waals surface area contributed by atoms with Gasteiger partial charge < -0.3 is 10.2 Å². The van der Waals surface area contributed by atoms with Gasteiger partial charge in [0.1, 0.15) is 17.6 Å². The molecular weight excluding hydrogens is 288 g/mol. The van der Waals surface area contributed by atoms with Gasteiger partial charge in [0.15, 0.2) is 5.82 Å². The minimum Gasteiger partial charge on any atom is -0.374 e. The van der Waals surface area contributed by atoms with Crippen molar-refractivity contribution in [2.24, 2.45) is 5.92 Å². The van der Waals surface area contributed by atoms with Crippen LogP contribution < -0.4 is 5.43 Å². The highest BCUT2D eigenvalue weighted by Crippen LogP contribution is 2.24. The van der Waals surface area contributed by atoms with E-state index in [0.29, 0.717) is 19.1 Å². The second-order valence-corrected chi connectivity index (χ2v) is 6.10. The fourth-order valence-corrected chi connectivity index (χ4v) is 2.68. The number of para-hydroxylation sites is 1. The lowest BCUT2D eigenvalue weighted by atomic mass is 10.1. The van der Waals surface area contributed by atoms with E-state index < -0.39 is 0 Å². The molecule has 0 spiro atoms. The van der Waals surface area contributed by atoms with Crippen LogP contribution in [-0.2, 0) is 11.3 Å². The van der Waals surface area contributed by atoms with Gasteiger partial charge in [0.25, 0.3) is 0 Å². The largest absolute Gasteiger partial charge is 0.374 e. The lowest BCUT2D eigenvalue weighted by molar-refractivity contribution is 0.127. The highest BCUT2D eigenvalue weighted by atomic mass is 16.5. The third-order valence-electron chi connectivity index (χ3n) is 3.89. The molecule has 0 aliphatic carbocycles. The summed E-state index contributed by atoms with van der Waals surface area (Å²) in [6.45, 7) is 8.53. The molecule has 2 aromatic heterocycles. The summed E-state index contributed by atoms with van der Waals surface area (Å²) in [5, 5.41) is 1.11. The van der Waals surface area contributed by atoms with E-state index in [1.165, 1.54) is 0 Å². The minimum atomic E-state index is 0.494. The molecule has 1 N–H and O–H groups in total. The number of ether oxygens (including phenoxy) is 1. The lowest BCUT2D eigenvalue weighted by Gasteiger charge is -2.14. The molecule has 0 amide bonds. The molecule has 0 unspecified atom stereocenters. The second kappa shape index (κ2) is 6.96. The maximum atomic E-state index is 5.59. The first-order valence-electron chi connectivity index (χ1n) is 8.27. The predicted molar refractivity (Wildman–Crippen MR) is 94.0 cm³/mol. The van der Waals surface area contributed by atoms with E-state index >= 15 is 0 Å². The predicted octanol–water partition coefficient (Wildman–Crippen LogP) is 3.71. The SMILES string of the molecule is CCOCc1nc2cnc3ccccc3c2n1NCCC(C)C. The molecule has 3 rings (SSSR count). The monoisotopic (exact) mass is 312 g/mol. The smallest absolute Gasteiger partial charge is 0.154 e. The normalized spacial score (nSPS) is 11.7. The van der Waals surface area contributed by atoms with Gasteiger partial charge in [0, 0.05) is 18.5 Å². The Bertz CT molecular complexity index is 794. The van der Waals surface area contributed by atoms with Crippen LogP contribution in [0.2, 0.25) is 0 Å². The van der Waals surface area contributed by atoms with Crippen LogP contribution in [-0.4, -0.2) is 27.8 Å². The number of fused-ring (bicyclic) bond motifs is 3. The van der Waals surface area contributed by atoms with E-state index in [0.717, 1.165) is 40.7 Å². The van der Waals surface area contributed by atoms with Crippen molar-refractivity contribution < 1.29 is 4.74 Å². The Morgan fingerprint density at radius 1 is 1.22 bits per heavy atom. The first-order valence-corrected chi connectivity index (χ1v) is 8.27. The van der Waals surface area contributed by atoms with Crippen molar-refractivity contribution >= 4 is 21.9 Å². The van der Waals surface area contributed by atoms with Gasteiger partial charge in [0.2, 0.25) is 0 Å². The van der Waals surface area contributed by atoms with Crippen molar-refractivity contribution in [3.8, 4) is 0 Å². The van der Waals surface area contributed by atoms with Crippen LogP contribution in [0.5, 0.6) is 0 Å². The van der Waals surface area contributed by atoms with Crippen LogP contribution in [0.1, 0.15) is 33.0 Å². The summed E-state index contributed by atoms with van der Waals surface area (Å²) in [5.74, 6) is 1.55. The number of nitrogens with one attached hydrogen (secondary N) is 1. The molecule has 1 aromatic carbocycles. The van der Waals surface area contributed by atoms with Gasteiger partial charge in [-0.3, -0.25) is 4.98 Å². The Labute approximate surface area is 136 Å². The van der Waals surface area contributed by atoms with Crippen molar-refractivity contribution in [1.29, 1.82) is 0 Å². The molecule has 5 nitrogen and oxygen atoms in total. The molecule has 3 aromatic rings. The highest BCUT2D eigenvalue weighted by Gasteiger charge is 2.14. The maximum absolute atomic E-state index is 5.59.